The second kappa shape index (κ2) is 9.70. The zero-order valence-electron chi connectivity index (χ0n) is 15.8. The van der Waals surface area contributed by atoms with E-state index in [0.29, 0.717) is 32.6 Å². The first kappa shape index (κ1) is 21.2. The molecule has 27 heavy (non-hydrogen) atoms. The quantitative estimate of drug-likeness (QED) is 0.794. The molecular formula is C18H28N4O4S. The highest BCUT2D eigenvalue weighted by molar-refractivity contribution is 7.88. The molecule has 2 N–H and O–H groups in total. The van der Waals surface area contributed by atoms with Gasteiger partial charge in [0.25, 0.3) is 0 Å². The number of nitrogens with zero attached hydrogens (tertiary/aromatic N) is 2. The molecular weight excluding hydrogens is 368 g/mol. The first-order chi connectivity index (χ1) is 12.8. The summed E-state index contributed by atoms with van der Waals surface area (Å²) in [6, 6.07) is 8.39. The van der Waals surface area contributed by atoms with Gasteiger partial charge in [-0.1, -0.05) is 30.3 Å². The molecule has 1 fully saturated rings. The number of carbonyl (C=O) groups excluding carboxylic acids is 2. The highest BCUT2D eigenvalue weighted by Gasteiger charge is 2.30. The smallest absolute Gasteiger partial charge is 0.317 e. The molecule has 1 heterocycles. The number of hydrogen-bond donors (Lipinski definition) is 2. The van der Waals surface area contributed by atoms with E-state index < -0.39 is 16.1 Å². The molecule has 0 saturated carbocycles. The van der Waals surface area contributed by atoms with Crippen LogP contribution in [-0.2, 0) is 14.8 Å². The third-order valence-corrected chi connectivity index (χ3v) is 5.75. The molecule has 1 unspecified atom stereocenters. The summed E-state index contributed by atoms with van der Waals surface area (Å²) in [5.41, 5.74) is 0.776. The summed E-state index contributed by atoms with van der Waals surface area (Å²) in [5, 5.41) is 5.54. The van der Waals surface area contributed by atoms with Crippen LogP contribution in [0.25, 0.3) is 0 Å². The van der Waals surface area contributed by atoms with E-state index in [1.165, 1.54) is 4.31 Å². The van der Waals surface area contributed by atoms with Gasteiger partial charge in [-0.25, -0.2) is 13.2 Å². The second-order valence-electron chi connectivity index (χ2n) is 6.53. The summed E-state index contributed by atoms with van der Waals surface area (Å²) >= 11 is 0. The van der Waals surface area contributed by atoms with Crippen LogP contribution < -0.4 is 10.6 Å². The van der Waals surface area contributed by atoms with Gasteiger partial charge in [-0.3, -0.25) is 4.79 Å². The van der Waals surface area contributed by atoms with E-state index in [4.69, 9.17) is 0 Å². The Hall–Kier alpha value is -2.13. The van der Waals surface area contributed by atoms with Crippen molar-refractivity contribution in [2.45, 2.75) is 25.8 Å². The molecule has 150 valence electrons. The number of urea groups is 1. The van der Waals surface area contributed by atoms with Crippen molar-refractivity contribution in [3.63, 3.8) is 0 Å². The van der Waals surface area contributed by atoms with E-state index >= 15 is 0 Å². The zero-order valence-corrected chi connectivity index (χ0v) is 16.7. The van der Waals surface area contributed by atoms with Gasteiger partial charge in [0.05, 0.1) is 12.3 Å². The molecule has 9 heteroatoms. The lowest BCUT2D eigenvalue weighted by atomic mass is 10.0. The first-order valence-electron chi connectivity index (χ1n) is 9.14. The maximum Gasteiger partial charge on any atom is 0.317 e. The Labute approximate surface area is 161 Å². The molecule has 1 aliphatic rings. The summed E-state index contributed by atoms with van der Waals surface area (Å²) in [4.78, 5) is 26.2. The Balaban J connectivity index is 2.29. The summed E-state index contributed by atoms with van der Waals surface area (Å²) in [6.07, 6.45) is 1.68. The van der Waals surface area contributed by atoms with E-state index in [-0.39, 0.29) is 24.9 Å². The fourth-order valence-electron chi connectivity index (χ4n) is 3.19. The van der Waals surface area contributed by atoms with Gasteiger partial charge in [0.2, 0.25) is 15.9 Å². The Morgan fingerprint density at radius 2 is 1.93 bits per heavy atom. The topological polar surface area (TPSA) is 98.8 Å². The van der Waals surface area contributed by atoms with Crippen LogP contribution in [0.2, 0.25) is 0 Å². The van der Waals surface area contributed by atoms with Crippen LogP contribution in [0.5, 0.6) is 0 Å². The van der Waals surface area contributed by atoms with Gasteiger partial charge in [-0.2, -0.15) is 4.31 Å². The highest BCUT2D eigenvalue weighted by atomic mass is 32.2. The van der Waals surface area contributed by atoms with Crippen molar-refractivity contribution in [1.82, 2.24) is 19.8 Å². The zero-order chi connectivity index (χ0) is 19.9. The SMILES string of the molecule is CCNC(=O)N1CCCN(S(C)(=O)=O)C(c2ccccc2)CC(=O)NCC1. The molecule has 0 spiro atoms. The van der Waals surface area contributed by atoms with Crippen LogP contribution >= 0.6 is 0 Å². The molecule has 0 aromatic heterocycles. The average molecular weight is 397 g/mol. The summed E-state index contributed by atoms with van der Waals surface area (Å²) in [6.45, 7) is 3.70. The number of nitrogens with one attached hydrogen (secondary N) is 2. The van der Waals surface area contributed by atoms with Crippen molar-refractivity contribution in [3.05, 3.63) is 35.9 Å². The standard InChI is InChI=1S/C18H28N4O4S/c1-3-19-18(24)21-11-7-12-22(27(2,25)26)16(14-17(23)20-10-13-21)15-8-5-4-6-9-15/h4-6,8-9,16H,3,7,10-14H2,1-2H3,(H,19,24)(H,20,23). The largest absolute Gasteiger partial charge is 0.354 e. The predicted octanol–water partition coefficient (Wildman–Crippen LogP) is 0.931. The van der Waals surface area contributed by atoms with E-state index in [0.717, 1.165) is 11.8 Å². The lowest BCUT2D eigenvalue weighted by Crippen LogP contribution is -2.44. The normalized spacial score (nSPS) is 20.4. The minimum atomic E-state index is -3.54. The number of benzene rings is 1. The summed E-state index contributed by atoms with van der Waals surface area (Å²) in [5.74, 6) is -0.241. The Bertz CT molecular complexity index is 739. The Kier molecular flexibility index (Phi) is 7.61. The molecule has 3 amide bonds. The molecule has 0 bridgehead atoms. The van der Waals surface area contributed by atoms with Crippen LogP contribution in [0.1, 0.15) is 31.4 Å². The Morgan fingerprint density at radius 1 is 1.22 bits per heavy atom. The monoisotopic (exact) mass is 396 g/mol. The molecule has 8 nitrogen and oxygen atoms in total. The van der Waals surface area contributed by atoms with Gasteiger partial charge >= 0.3 is 6.03 Å². The summed E-state index contributed by atoms with van der Waals surface area (Å²) in [7, 11) is -3.54. The van der Waals surface area contributed by atoms with Gasteiger partial charge in [-0.05, 0) is 18.9 Å². The molecule has 1 aliphatic heterocycles. The van der Waals surface area contributed by atoms with Gasteiger partial charge < -0.3 is 15.5 Å². The van der Waals surface area contributed by atoms with Gasteiger partial charge in [0, 0.05) is 39.1 Å². The van der Waals surface area contributed by atoms with Gasteiger partial charge in [0.15, 0.2) is 0 Å². The average Bonchev–Trinajstić information content (AvgIpc) is 2.65. The van der Waals surface area contributed by atoms with Gasteiger partial charge in [0.1, 0.15) is 0 Å². The molecule has 1 aromatic carbocycles. The van der Waals surface area contributed by atoms with Crippen molar-refractivity contribution in [3.8, 4) is 0 Å². The summed E-state index contributed by atoms with van der Waals surface area (Å²) < 4.78 is 26.3. The number of amides is 3. The highest BCUT2D eigenvalue weighted by Crippen LogP contribution is 2.27. The second-order valence-corrected chi connectivity index (χ2v) is 8.47. The molecule has 1 aromatic rings. The first-order valence-corrected chi connectivity index (χ1v) is 11.0. The fourth-order valence-corrected chi connectivity index (χ4v) is 4.31. The van der Waals surface area contributed by atoms with E-state index in [2.05, 4.69) is 10.6 Å². The van der Waals surface area contributed by atoms with Crippen molar-refractivity contribution in [2.75, 3.05) is 39.0 Å². The third kappa shape index (κ3) is 6.21. The predicted molar refractivity (Wildman–Crippen MR) is 104 cm³/mol. The van der Waals surface area contributed by atoms with Crippen molar-refractivity contribution < 1.29 is 18.0 Å². The number of hydrogen-bond acceptors (Lipinski definition) is 4. The van der Waals surface area contributed by atoms with Crippen LogP contribution in [-0.4, -0.2) is 68.5 Å². The van der Waals surface area contributed by atoms with Crippen LogP contribution in [0.15, 0.2) is 30.3 Å². The molecule has 0 radical (unpaired) electrons. The van der Waals surface area contributed by atoms with Crippen molar-refractivity contribution >= 4 is 22.0 Å². The van der Waals surface area contributed by atoms with Crippen molar-refractivity contribution in [1.29, 1.82) is 0 Å². The maximum atomic E-state index is 12.4. The molecule has 0 aliphatic carbocycles. The molecule has 2 rings (SSSR count). The number of carbonyl (C=O) groups is 2. The molecule has 1 atom stereocenters. The molecule has 1 saturated heterocycles. The van der Waals surface area contributed by atoms with Crippen molar-refractivity contribution in [2.24, 2.45) is 0 Å². The number of rotatable bonds is 3. The minimum Gasteiger partial charge on any atom is -0.354 e. The van der Waals surface area contributed by atoms with E-state index in [9.17, 15) is 18.0 Å². The van der Waals surface area contributed by atoms with Gasteiger partial charge in [-0.15, -0.1) is 0 Å². The van der Waals surface area contributed by atoms with E-state index in [1.807, 2.05) is 37.3 Å². The van der Waals surface area contributed by atoms with E-state index in [1.54, 1.807) is 4.90 Å². The van der Waals surface area contributed by atoms with Crippen LogP contribution in [0.4, 0.5) is 4.79 Å². The maximum absolute atomic E-state index is 12.4. The number of sulfonamides is 1. The minimum absolute atomic E-state index is 0.0399. The van der Waals surface area contributed by atoms with Crippen LogP contribution in [0, 0.1) is 0 Å². The Morgan fingerprint density at radius 3 is 2.56 bits per heavy atom. The van der Waals surface area contributed by atoms with Crippen LogP contribution in [0.3, 0.4) is 0 Å². The lowest BCUT2D eigenvalue weighted by molar-refractivity contribution is -0.122. The fraction of sp³-hybridized carbons (Fsp3) is 0.556. The third-order valence-electron chi connectivity index (χ3n) is 4.46. The lowest BCUT2D eigenvalue weighted by Gasteiger charge is -2.30.